The smallest absolute Gasteiger partial charge is 0.291 e. The first kappa shape index (κ1) is 17.9. The molecule has 0 bridgehead atoms. The van der Waals surface area contributed by atoms with Gasteiger partial charge in [-0.15, -0.1) is 0 Å². The van der Waals surface area contributed by atoms with Gasteiger partial charge >= 0.3 is 0 Å². The third kappa shape index (κ3) is 4.18. The number of non-ortho nitro benzene ring substituents is 1. The predicted molar refractivity (Wildman–Crippen MR) is 99.9 cm³/mol. The molecule has 8 heteroatoms. The van der Waals surface area contributed by atoms with Crippen molar-refractivity contribution >= 4 is 29.2 Å². The number of nitro benzene ring substituents is 1. The standard InChI is InChI=1S/C19H15N3O5/c1-12-9-16(22(25)26)10-13(18(12)23)11-20-14-4-6-15(7-5-14)21-19(24)17-3-2-8-27-17/h2-11,23H,1H3,(H,21,24). The number of rotatable bonds is 5. The Hall–Kier alpha value is -3.94. The maximum atomic E-state index is 11.9. The number of phenolic OH excluding ortho intramolecular Hbond substituents is 1. The summed E-state index contributed by atoms with van der Waals surface area (Å²) in [6.45, 7) is 1.58. The summed E-state index contributed by atoms with van der Waals surface area (Å²) >= 11 is 0. The van der Waals surface area contributed by atoms with E-state index in [0.717, 1.165) is 0 Å². The first-order valence-electron chi connectivity index (χ1n) is 7.91. The molecule has 2 N–H and O–H groups in total. The topological polar surface area (TPSA) is 118 Å². The van der Waals surface area contributed by atoms with Crippen molar-refractivity contribution in [2.24, 2.45) is 4.99 Å². The highest BCUT2D eigenvalue weighted by molar-refractivity contribution is 6.02. The molecular formula is C19H15N3O5. The molecule has 0 saturated heterocycles. The summed E-state index contributed by atoms with van der Waals surface area (Å²) in [6.07, 6.45) is 2.77. The van der Waals surface area contributed by atoms with E-state index in [1.807, 2.05) is 0 Å². The van der Waals surface area contributed by atoms with Crippen molar-refractivity contribution in [1.29, 1.82) is 0 Å². The molecule has 136 valence electrons. The van der Waals surface area contributed by atoms with Gasteiger partial charge in [-0.3, -0.25) is 19.9 Å². The van der Waals surface area contributed by atoms with Gasteiger partial charge in [0.25, 0.3) is 11.6 Å². The number of carbonyl (C=O) groups excluding carboxylic acids is 1. The van der Waals surface area contributed by atoms with Crippen LogP contribution in [0.3, 0.4) is 0 Å². The Morgan fingerprint density at radius 3 is 2.63 bits per heavy atom. The molecule has 0 atom stereocenters. The van der Waals surface area contributed by atoms with E-state index in [1.54, 1.807) is 43.3 Å². The molecule has 1 aromatic heterocycles. The summed E-state index contributed by atoms with van der Waals surface area (Å²) in [5.41, 5.74) is 1.63. The van der Waals surface area contributed by atoms with Crippen molar-refractivity contribution in [3.8, 4) is 5.75 Å². The maximum absolute atomic E-state index is 11.9. The van der Waals surface area contributed by atoms with Gasteiger partial charge in [0.05, 0.1) is 16.9 Å². The maximum Gasteiger partial charge on any atom is 0.291 e. The average molecular weight is 365 g/mol. The van der Waals surface area contributed by atoms with Crippen LogP contribution in [-0.2, 0) is 0 Å². The van der Waals surface area contributed by atoms with E-state index in [-0.39, 0.29) is 28.7 Å². The number of aryl methyl sites for hydroxylation is 1. The number of nitrogens with zero attached hydrogens (tertiary/aromatic N) is 2. The number of nitrogens with one attached hydrogen (secondary N) is 1. The fourth-order valence-corrected chi connectivity index (χ4v) is 2.37. The number of aromatic hydroxyl groups is 1. The van der Waals surface area contributed by atoms with E-state index in [4.69, 9.17) is 4.42 Å². The zero-order chi connectivity index (χ0) is 19.4. The molecule has 0 spiro atoms. The Balaban J connectivity index is 1.75. The first-order valence-corrected chi connectivity index (χ1v) is 7.91. The number of anilines is 1. The van der Waals surface area contributed by atoms with Crippen LogP contribution in [0.15, 0.2) is 64.2 Å². The predicted octanol–water partition coefficient (Wildman–Crippen LogP) is 4.20. The first-order chi connectivity index (χ1) is 12.9. The van der Waals surface area contributed by atoms with Crippen LogP contribution in [0.2, 0.25) is 0 Å². The van der Waals surface area contributed by atoms with E-state index in [9.17, 15) is 20.0 Å². The van der Waals surface area contributed by atoms with E-state index in [1.165, 1.54) is 24.6 Å². The molecular weight excluding hydrogens is 350 g/mol. The van der Waals surface area contributed by atoms with E-state index < -0.39 is 4.92 Å². The van der Waals surface area contributed by atoms with E-state index in [2.05, 4.69) is 10.3 Å². The van der Waals surface area contributed by atoms with Gasteiger partial charge in [-0.2, -0.15) is 0 Å². The van der Waals surface area contributed by atoms with Crippen molar-refractivity contribution in [3.63, 3.8) is 0 Å². The molecule has 0 fully saturated rings. The summed E-state index contributed by atoms with van der Waals surface area (Å²) in [4.78, 5) is 26.5. The second-order valence-corrected chi connectivity index (χ2v) is 5.69. The van der Waals surface area contributed by atoms with Gasteiger partial charge in [-0.05, 0) is 48.9 Å². The molecule has 0 saturated carbocycles. The number of amides is 1. The van der Waals surface area contributed by atoms with Crippen molar-refractivity contribution in [2.45, 2.75) is 6.92 Å². The molecule has 27 heavy (non-hydrogen) atoms. The van der Waals surface area contributed by atoms with Crippen LogP contribution in [0, 0.1) is 17.0 Å². The molecule has 0 aliphatic heterocycles. The molecule has 0 aliphatic carbocycles. The van der Waals surface area contributed by atoms with E-state index in [0.29, 0.717) is 16.9 Å². The lowest BCUT2D eigenvalue weighted by Gasteiger charge is -2.04. The van der Waals surface area contributed by atoms with Gasteiger partial charge in [0.2, 0.25) is 0 Å². The highest BCUT2D eigenvalue weighted by atomic mass is 16.6. The van der Waals surface area contributed by atoms with Crippen molar-refractivity contribution in [3.05, 3.63) is 81.8 Å². The number of hydrogen-bond donors (Lipinski definition) is 2. The molecule has 0 aliphatic rings. The van der Waals surface area contributed by atoms with Crippen LogP contribution in [-0.4, -0.2) is 22.2 Å². The van der Waals surface area contributed by atoms with Gasteiger partial charge in [0.1, 0.15) is 5.75 Å². The SMILES string of the molecule is Cc1cc([N+](=O)[O-])cc(C=Nc2ccc(NC(=O)c3ccco3)cc2)c1O. The minimum atomic E-state index is -0.528. The average Bonchev–Trinajstić information content (AvgIpc) is 3.18. The lowest BCUT2D eigenvalue weighted by atomic mass is 10.1. The van der Waals surface area contributed by atoms with Gasteiger partial charge in [0, 0.05) is 29.6 Å². The molecule has 8 nitrogen and oxygen atoms in total. The fraction of sp³-hybridized carbons (Fsp3) is 0.0526. The van der Waals surface area contributed by atoms with Crippen LogP contribution in [0.5, 0.6) is 5.75 Å². The summed E-state index contributed by atoms with van der Waals surface area (Å²) in [5, 5.41) is 23.7. The van der Waals surface area contributed by atoms with Crippen molar-refractivity contribution < 1.29 is 19.2 Å². The lowest BCUT2D eigenvalue weighted by molar-refractivity contribution is -0.384. The number of hydrogen-bond acceptors (Lipinski definition) is 6. The largest absolute Gasteiger partial charge is 0.507 e. The summed E-state index contributed by atoms with van der Waals surface area (Å²) in [5.74, 6) is -0.228. The third-order valence-corrected chi connectivity index (χ3v) is 3.75. The van der Waals surface area contributed by atoms with Crippen LogP contribution in [0.1, 0.15) is 21.7 Å². The molecule has 0 radical (unpaired) electrons. The van der Waals surface area contributed by atoms with Gasteiger partial charge in [0.15, 0.2) is 5.76 Å². The fourth-order valence-electron chi connectivity index (χ4n) is 2.37. The molecule has 1 amide bonds. The summed E-state index contributed by atoms with van der Waals surface area (Å²) in [6, 6.07) is 12.4. The normalized spacial score (nSPS) is 10.9. The number of nitro groups is 1. The van der Waals surface area contributed by atoms with Crippen molar-refractivity contribution in [1.82, 2.24) is 0 Å². The second kappa shape index (κ2) is 7.52. The summed E-state index contributed by atoms with van der Waals surface area (Å²) in [7, 11) is 0. The lowest BCUT2D eigenvalue weighted by Crippen LogP contribution is -2.10. The Morgan fingerprint density at radius 1 is 1.26 bits per heavy atom. The van der Waals surface area contributed by atoms with Crippen LogP contribution in [0.25, 0.3) is 0 Å². The Bertz CT molecular complexity index is 1010. The van der Waals surface area contributed by atoms with Gasteiger partial charge < -0.3 is 14.8 Å². The highest BCUT2D eigenvalue weighted by Crippen LogP contribution is 2.27. The molecule has 2 aromatic carbocycles. The minimum absolute atomic E-state index is 0.0633. The van der Waals surface area contributed by atoms with Crippen LogP contribution in [0.4, 0.5) is 17.1 Å². The number of phenols is 1. The second-order valence-electron chi connectivity index (χ2n) is 5.69. The number of benzene rings is 2. The Morgan fingerprint density at radius 2 is 2.00 bits per heavy atom. The number of carbonyl (C=O) groups is 1. The monoisotopic (exact) mass is 365 g/mol. The summed E-state index contributed by atoms with van der Waals surface area (Å²) < 4.78 is 5.02. The van der Waals surface area contributed by atoms with Gasteiger partial charge in [-0.25, -0.2) is 0 Å². The number of furan rings is 1. The minimum Gasteiger partial charge on any atom is -0.507 e. The number of aliphatic imine (C=N–C) groups is 1. The Kier molecular flexibility index (Phi) is 4.98. The van der Waals surface area contributed by atoms with Crippen LogP contribution < -0.4 is 5.32 Å². The molecule has 3 rings (SSSR count). The van der Waals surface area contributed by atoms with Gasteiger partial charge in [-0.1, -0.05) is 0 Å². The van der Waals surface area contributed by atoms with E-state index >= 15 is 0 Å². The molecule has 0 unspecified atom stereocenters. The highest BCUT2D eigenvalue weighted by Gasteiger charge is 2.12. The quantitative estimate of drug-likeness (QED) is 0.399. The zero-order valence-electron chi connectivity index (χ0n) is 14.2. The Labute approximate surface area is 153 Å². The van der Waals surface area contributed by atoms with Crippen molar-refractivity contribution in [2.75, 3.05) is 5.32 Å². The third-order valence-electron chi connectivity index (χ3n) is 3.75. The molecule has 1 heterocycles. The molecule has 3 aromatic rings. The zero-order valence-corrected chi connectivity index (χ0v) is 14.2. The van der Waals surface area contributed by atoms with Crippen LogP contribution >= 0.6 is 0 Å².